The molecule has 0 radical (unpaired) electrons. The zero-order valence-corrected chi connectivity index (χ0v) is 13.7. The predicted octanol–water partition coefficient (Wildman–Crippen LogP) is 2.62. The monoisotopic (exact) mass is 313 g/mol. The summed E-state index contributed by atoms with van der Waals surface area (Å²) in [6.45, 7) is 3.63. The fraction of sp³-hybridized carbons (Fsp3) is 0.647. The summed E-state index contributed by atoms with van der Waals surface area (Å²) in [6.07, 6.45) is 10.5. The molecule has 122 valence electrons. The van der Waals surface area contributed by atoms with E-state index >= 15 is 0 Å². The van der Waals surface area contributed by atoms with Crippen molar-refractivity contribution in [2.75, 3.05) is 13.1 Å². The number of rotatable bonds is 1. The Labute approximate surface area is 135 Å². The molecule has 1 saturated carbocycles. The zero-order chi connectivity index (χ0) is 15.9. The maximum Gasteiger partial charge on any atom is 0.293 e. The highest BCUT2D eigenvalue weighted by Crippen LogP contribution is 2.43. The number of aryl methyl sites for hydroxylation is 1. The van der Waals surface area contributed by atoms with Crippen molar-refractivity contribution in [2.24, 2.45) is 5.41 Å². The Hall–Kier alpha value is -1.98. The third-order valence-electron chi connectivity index (χ3n) is 5.48. The summed E-state index contributed by atoms with van der Waals surface area (Å²) < 4.78 is 1.65. The average Bonchev–Trinajstić information content (AvgIpc) is 3.00. The number of fused-ring (bicyclic) bond motifs is 1. The first-order valence-corrected chi connectivity index (χ1v) is 8.65. The van der Waals surface area contributed by atoms with Crippen LogP contribution < -0.4 is 0 Å². The van der Waals surface area contributed by atoms with Gasteiger partial charge in [0, 0.05) is 25.0 Å². The standard InChI is InChI=1S/C17H23N5O/c1-13-6-10-18-16-19-14(20-22(13)16)15(23)21-11-5-9-17(12-21)7-3-2-4-8-17/h6,10H,2-5,7-9,11-12H2,1H3. The van der Waals surface area contributed by atoms with Crippen molar-refractivity contribution in [2.45, 2.75) is 51.9 Å². The normalized spacial score (nSPS) is 21.0. The fourth-order valence-corrected chi connectivity index (χ4v) is 4.23. The van der Waals surface area contributed by atoms with Gasteiger partial charge in [-0.1, -0.05) is 19.3 Å². The molecule has 2 aliphatic rings. The van der Waals surface area contributed by atoms with E-state index < -0.39 is 0 Å². The van der Waals surface area contributed by atoms with E-state index in [0.29, 0.717) is 11.2 Å². The number of aromatic nitrogens is 4. The summed E-state index contributed by atoms with van der Waals surface area (Å²) in [4.78, 5) is 23.4. The third kappa shape index (κ3) is 2.60. The maximum absolute atomic E-state index is 12.9. The first-order valence-electron chi connectivity index (χ1n) is 8.65. The zero-order valence-electron chi connectivity index (χ0n) is 13.7. The minimum atomic E-state index is -0.0421. The van der Waals surface area contributed by atoms with E-state index in [0.717, 1.165) is 25.2 Å². The number of likely N-dealkylation sites (tertiary alicyclic amines) is 1. The van der Waals surface area contributed by atoms with Crippen LogP contribution in [-0.4, -0.2) is 43.5 Å². The molecule has 1 saturated heterocycles. The summed E-state index contributed by atoms with van der Waals surface area (Å²) >= 11 is 0. The molecule has 1 aliphatic heterocycles. The van der Waals surface area contributed by atoms with E-state index in [4.69, 9.17) is 0 Å². The van der Waals surface area contributed by atoms with Crippen LogP contribution >= 0.6 is 0 Å². The van der Waals surface area contributed by atoms with Crippen LogP contribution in [0.5, 0.6) is 0 Å². The van der Waals surface area contributed by atoms with Crippen LogP contribution in [-0.2, 0) is 0 Å². The molecule has 0 unspecified atom stereocenters. The maximum atomic E-state index is 12.9. The highest BCUT2D eigenvalue weighted by atomic mass is 16.2. The molecule has 3 heterocycles. The van der Waals surface area contributed by atoms with Crippen LogP contribution in [0.4, 0.5) is 0 Å². The molecule has 1 amide bonds. The SMILES string of the molecule is Cc1ccnc2nc(C(=O)N3CCCC4(CCCCC4)C3)nn12. The molecule has 4 rings (SSSR count). The number of hydrogen-bond donors (Lipinski definition) is 0. The largest absolute Gasteiger partial charge is 0.335 e. The molecular formula is C17H23N5O. The Balaban J connectivity index is 1.58. The van der Waals surface area contributed by atoms with E-state index in [9.17, 15) is 4.79 Å². The van der Waals surface area contributed by atoms with E-state index in [1.54, 1.807) is 10.7 Å². The van der Waals surface area contributed by atoms with Gasteiger partial charge in [-0.15, -0.1) is 5.10 Å². The second-order valence-electron chi connectivity index (χ2n) is 7.12. The number of carbonyl (C=O) groups is 1. The van der Waals surface area contributed by atoms with Crippen molar-refractivity contribution in [1.82, 2.24) is 24.5 Å². The van der Waals surface area contributed by atoms with Crippen molar-refractivity contribution in [3.8, 4) is 0 Å². The van der Waals surface area contributed by atoms with E-state index in [-0.39, 0.29) is 11.7 Å². The molecule has 2 aromatic rings. The molecule has 0 aromatic carbocycles. The van der Waals surface area contributed by atoms with E-state index in [1.807, 2.05) is 17.9 Å². The smallest absolute Gasteiger partial charge is 0.293 e. The van der Waals surface area contributed by atoms with Gasteiger partial charge in [0.1, 0.15) is 0 Å². The number of carbonyl (C=O) groups excluding carboxylic acids is 1. The van der Waals surface area contributed by atoms with Gasteiger partial charge in [0.25, 0.3) is 11.7 Å². The summed E-state index contributed by atoms with van der Waals surface area (Å²) in [5.41, 5.74) is 1.28. The lowest BCUT2D eigenvalue weighted by Gasteiger charge is -2.45. The van der Waals surface area contributed by atoms with Crippen LogP contribution in [0.15, 0.2) is 12.3 Å². The van der Waals surface area contributed by atoms with Crippen molar-refractivity contribution in [3.63, 3.8) is 0 Å². The lowest BCUT2D eigenvalue weighted by Crippen LogP contribution is -2.47. The van der Waals surface area contributed by atoms with Gasteiger partial charge in [-0.2, -0.15) is 4.98 Å². The van der Waals surface area contributed by atoms with Crippen molar-refractivity contribution in [3.05, 3.63) is 23.8 Å². The molecule has 6 nitrogen and oxygen atoms in total. The number of nitrogens with zero attached hydrogens (tertiary/aromatic N) is 5. The number of amides is 1. The lowest BCUT2D eigenvalue weighted by atomic mass is 9.69. The van der Waals surface area contributed by atoms with Crippen LogP contribution in [0.25, 0.3) is 5.78 Å². The number of piperidine rings is 1. The highest BCUT2D eigenvalue weighted by molar-refractivity contribution is 5.91. The van der Waals surface area contributed by atoms with E-state index in [2.05, 4.69) is 15.1 Å². The quantitative estimate of drug-likeness (QED) is 0.812. The summed E-state index contributed by atoms with van der Waals surface area (Å²) in [5, 5.41) is 4.37. The highest BCUT2D eigenvalue weighted by Gasteiger charge is 2.38. The van der Waals surface area contributed by atoms with Gasteiger partial charge in [-0.05, 0) is 44.1 Å². The second-order valence-corrected chi connectivity index (χ2v) is 7.12. The minimum absolute atomic E-state index is 0.0421. The Morgan fingerprint density at radius 1 is 1.17 bits per heavy atom. The van der Waals surface area contributed by atoms with Crippen LogP contribution in [0.2, 0.25) is 0 Å². The molecule has 2 fully saturated rings. The van der Waals surface area contributed by atoms with Crippen molar-refractivity contribution < 1.29 is 4.79 Å². The van der Waals surface area contributed by atoms with E-state index in [1.165, 1.54) is 38.5 Å². The molecule has 0 bridgehead atoms. The van der Waals surface area contributed by atoms with Gasteiger partial charge in [0.2, 0.25) is 5.82 Å². The molecular weight excluding hydrogens is 290 g/mol. The Morgan fingerprint density at radius 3 is 2.74 bits per heavy atom. The fourth-order valence-electron chi connectivity index (χ4n) is 4.23. The topological polar surface area (TPSA) is 63.4 Å². The minimum Gasteiger partial charge on any atom is -0.335 e. The van der Waals surface area contributed by atoms with Gasteiger partial charge >= 0.3 is 0 Å². The van der Waals surface area contributed by atoms with Gasteiger partial charge in [-0.3, -0.25) is 4.79 Å². The molecule has 0 N–H and O–H groups in total. The van der Waals surface area contributed by atoms with Gasteiger partial charge in [0.15, 0.2) is 0 Å². The molecule has 23 heavy (non-hydrogen) atoms. The van der Waals surface area contributed by atoms with Crippen LogP contribution in [0.3, 0.4) is 0 Å². The van der Waals surface area contributed by atoms with Crippen molar-refractivity contribution >= 4 is 11.7 Å². The van der Waals surface area contributed by atoms with Gasteiger partial charge in [0.05, 0.1) is 0 Å². The Kier molecular flexibility index (Phi) is 3.54. The molecule has 0 atom stereocenters. The van der Waals surface area contributed by atoms with Crippen LogP contribution in [0, 0.1) is 12.3 Å². The molecule has 6 heteroatoms. The number of hydrogen-bond acceptors (Lipinski definition) is 4. The Bertz CT molecular complexity index is 726. The lowest BCUT2D eigenvalue weighted by molar-refractivity contribution is 0.0375. The predicted molar refractivity (Wildman–Crippen MR) is 86.2 cm³/mol. The van der Waals surface area contributed by atoms with Crippen molar-refractivity contribution in [1.29, 1.82) is 0 Å². The first kappa shape index (κ1) is 14.6. The van der Waals surface area contributed by atoms with Gasteiger partial charge < -0.3 is 4.90 Å². The molecule has 2 aromatic heterocycles. The molecule has 1 spiro atoms. The third-order valence-corrected chi connectivity index (χ3v) is 5.48. The van der Waals surface area contributed by atoms with Gasteiger partial charge in [-0.25, -0.2) is 9.50 Å². The summed E-state index contributed by atoms with van der Waals surface area (Å²) in [7, 11) is 0. The average molecular weight is 313 g/mol. The summed E-state index contributed by atoms with van der Waals surface area (Å²) in [5.74, 6) is 0.733. The Morgan fingerprint density at radius 2 is 1.96 bits per heavy atom. The van der Waals surface area contributed by atoms with Crippen LogP contribution in [0.1, 0.15) is 61.3 Å². The summed E-state index contributed by atoms with van der Waals surface area (Å²) in [6, 6.07) is 1.87. The first-order chi connectivity index (χ1) is 11.2. The second kappa shape index (κ2) is 5.58. The molecule has 1 aliphatic carbocycles.